The van der Waals surface area contributed by atoms with Gasteiger partial charge in [-0.3, -0.25) is 4.99 Å². The van der Waals surface area contributed by atoms with Gasteiger partial charge in [-0.15, -0.1) is 35.3 Å². The fourth-order valence-corrected chi connectivity index (χ4v) is 3.14. The van der Waals surface area contributed by atoms with Gasteiger partial charge in [0.2, 0.25) is 0 Å². The molecule has 0 bridgehead atoms. The van der Waals surface area contributed by atoms with Crippen molar-refractivity contribution >= 4 is 51.1 Å². The third-order valence-electron chi connectivity index (χ3n) is 2.81. The zero-order valence-electron chi connectivity index (χ0n) is 12.6. The molecule has 0 aromatic carbocycles. The third kappa shape index (κ3) is 9.30. The van der Waals surface area contributed by atoms with E-state index in [2.05, 4.69) is 40.1 Å². The summed E-state index contributed by atoms with van der Waals surface area (Å²) in [5.74, 6) is 1.33. The number of guanidine groups is 1. The van der Waals surface area contributed by atoms with Crippen molar-refractivity contribution in [1.82, 2.24) is 10.6 Å². The molecule has 122 valence electrons. The normalized spacial score (nSPS) is 13.4. The summed E-state index contributed by atoms with van der Waals surface area (Å²) in [6.07, 6.45) is 1.84. The third-order valence-corrected chi connectivity index (χ3v) is 4.95. The van der Waals surface area contributed by atoms with E-state index < -0.39 is 9.84 Å². The summed E-state index contributed by atoms with van der Waals surface area (Å²) in [5.41, 5.74) is 0. The lowest BCUT2D eigenvalue weighted by Gasteiger charge is -2.15. The minimum absolute atomic E-state index is 0. The predicted molar refractivity (Wildman–Crippen MR) is 102 cm³/mol. The summed E-state index contributed by atoms with van der Waals surface area (Å²) in [6.45, 7) is 3.56. The van der Waals surface area contributed by atoms with Gasteiger partial charge in [-0.2, -0.15) is 0 Å². The lowest BCUT2D eigenvalue weighted by atomic mass is 10.1. The average molecular weight is 445 g/mol. The molecule has 0 aliphatic carbocycles. The van der Waals surface area contributed by atoms with Crippen LogP contribution in [0.15, 0.2) is 22.5 Å². The zero-order chi connectivity index (χ0) is 15.0. The van der Waals surface area contributed by atoms with E-state index in [1.807, 2.05) is 0 Å². The number of aliphatic imine (C=N–C) groups is 1. The fraction of sp³-hybridized carbons (Fsp3) is 0.615. The minimum atomic E-state index is -2.88. The van der Waals surface area contributed by atoms with Crippen LogP contribution in [-0.2, 0) is 9.84 Å². The van der Waals surface area contributed by atoms with Crippen LogP contribution in [-0.4, -0.2) is 46.5 Å². The van der Waals surface area contributed by atoms with Gasteiger partial charge in [-0.25, -0.2) is 8.42 Å². The maximum absolute atomic E-state index is 11.0. The average Bonchev–Trinajstić information content (AvgIpc) is 2.90. The van der Waals surface area contributed by atoms with Gasteiger partial charge in [0.15, 0.2) is 5.96 Å². The van der Waals surface area contributed by atoms with Crippen LogP contribution >= 0.6 is 35.3 Å². The SMILES string of the molecule is CN=C(NCCCS(C)(=O)=O)NCC(C)c1cccs1.I. The molecule has 0 spiro atoms. The Hall–Kier alpha value is -0.350. The molecule has 8 heteroatoms. The predicted octanol–water partition coefficient (Wildman–Crippen LogP) is 2.07. The van der Waals surface area contributed by atoms with Gasteiger partial charge < -0.3 is 10.6 Å². The molecule has 1 rings (SSSR count). The lowest BCUT2D eigenvalue weighted by Crippen LogP contribution is -2.39. The quantitative estimate of drug-likeness (QED) is 0.292. The summed E-state index contributed by atoms with van der Waals surface area (Å²) in [5, 5.41) is 8.45. The van der Waals surface area contributed by atoms with Crippen molar-refractivity contribution in [3.05, 3.63) is 22.4 Å². The second-order valence-electron chi connectivity index (χ2n) is 4.78. The summed E-state index contributed by atoms with van der Waals surface area (Å²) >= 11 is 1.75. The molecule has 21 heavy (non-hydrogen) atoms. The number of nitrogens with zero attached hydrogens (tertiary/aromatic N) is 1. The number of nitrogens with one attached hydrogen (secondary N) is 2. The molecule has 5 nitrogen and oxygen atoms in total. The lowest BCUT2D eigenvalue weighted by molar-refractivity contribution is 0.598. The first kappa shape index (κ1) is 20.6. The van der Waals surface area contributed by atoms with E-state index in [1.54, 1.807) is 18.4 Å². The molecule has 0 aliphatic rings. The maximum Gasteiger partial charge on any atom is 0.190 e. The number of thiophene rings is 1. The molecular formula is C13H24IN3O2S2. The van der Waals surface area contributed by atoms with Crippen molar-refractivity contribution in [3.8, 4) is 0 Å². The molecule has 1 heterocycles. The van der Waals surface area contributed by atoms with E-state index in [9.17, 15) is 8.42 Å². The molecule has 0 saturated heterocycles. The first-order valence-corrected chi connectivity index (χ1v) is 9.52. The van der Waals surface area contributed by atoms with Crippen LogP contribution in [0.25, 0.3) is 0 Å². The van der Waals surface area contributed by atoms with Crippen LogP contribution in [0.4, 0.5) is 0 Å². The molecule has 0 amide bonds. The summed E-state index contributed by atoms with van der Waals surface area (Å²) < 4.78 is 22.0. The first-order chi connectivity index (χ1) is 9.42. The summed E-state index contributed by atoms with van der Waals surface area (Å²) in [4.78, 5) is 5.46. The Morgan fingerprint density at radius 1 is 1.43 bits per heavy atom. The highest BCUT2D eigenvalue weighted by Gasteiger charge is 2.07. The Morgan fingerprint density at radius 2 is 2.14 bits per heavy atom. The van der Waals surface area contributed by atoms with Gasteiger partial charge in [0.05, 0.1) is 5.75 Å². The molecular weight excluding hydrogens is 421 g/mol. The second-order valence-corrected chi connectivity index (χ2v) is 8.02. The molecule has 1 unspecified atom stereocenters. The van der Waals surface area contributed by atoms with Crippen molar-refractivity contribution in [1.29, 1.82) is 0 Å². The molecule has 0 fully saturated rings. The van der Waals surface area contributed by atoms with Crippen LogP contribution in [0.2, 0.25) is 0 Å². The van der Waals surface area contributed by atoms with E-state index in [1.165, 1.54) is 11.1 Å². The number of rotatable bonds is 7. The van der Waals surface area contributed by atoms with Crippen molar-refractivity contribution < 1.29 is 8.42 Å². The Bertz CT molecular complexity index is 516. The molecule has 0 saturated carbocycles. The number of halogens is 1. The van der Waals surface area contributed by atoms with Crippen molar-refractivity contribution in [2.45, 2.75) is 19.3 Å². The monoisotopic (exact) mass is 445 g/mol. The van der Waals surface area contributed by atoms with Gasteiger partial charge in [0.1, 0.15) is 9.84 Å². The Morgan fingerprint density at radius 3 is 2.67 bits per heavy atom. The van der Waals surface area contributed by atoms with E-state index in [0.717, 1.165) is 6.54 Å². The minimum Gasteiger partial charge on any atom is -0.356 e. The van der Waals surface area contributed by atoms with Gasteiger partial charge in [-0.05, 0) is 17.9 Å². The van der Waals surface area contributed by atoms with Crippen molar-refractivity contribution in [3.63, 3.8) is 0 Å². The van der Waals surface area contributed by atoms with Gasteiger partial charge in [0.25, 0.3) is 0 Å². The highest BCUT2D eigenvalue weighted by atomic mass is 127. The van der Waals surface area contributed by atoms with Gasteiger partial charge in [0, 0.05) is 37.2 Å². The fourth-order valence-electron chi connectivity index (χ4n) is 1.68. The van der Waals surface area contributed by atoms with Crippen LogP contribution in [0, 0.1) is 0 Å². The summed E-state index contributed by atoms with van der Waals surface area (Å²) in [6, 6.07) is 4.17. The number of hydrogen-bond donors (Lipinski definition) is 2. The number of sulfone groups is 1. The Kier molecular flexibility index (Phi) is 10.2. The zero-order valence-corrected chi connectivity index (χ0v) is 16.6. The van der Waals surface area contributed by atoms with E-state index in [4.69, 9.17) is 0 Å². The van der Waals surface area contributed by atoms with Gasteiger partial charge in [-0.1, -0.05) is 13.0 Å². The van der Waals surface area contributed by atoms with E-state index in [-0.39, 0.29) is 29.7 Å². The smallest absolute Gasteiger partial charge is 0.190 e. The van der Waals surface area contributed by atoms with Crippen LogP contribution in [0.5, 0.6) is 0 Å². The van der Waals surface area contributed by atoms with Gasteiger partial charge >= 0.3 is 0 Å². The van der Waals surface area contributed by atoms with Crippen molar-refractivity contribution in [2.75, 3.05) is 32.1 Å². The van der Waals surface area contributed by atoms with Crippen molar-refractivity contribution in [2.24, 2.45) is 4.99 Å². The molecule has 2 N–H and O–H groups in total. The van der Waals surface area contributed by atoms with E-state index in [0.29, 0.717) is 24.8 Å². The Labute approximate surface area is 148 Å². The van der Waals surface area contributed by atoms with Crippen LogP contribution in [0.3, 0.4) is 0 Å². The largest absolute Gasteiger partial charge is 0.356 e. The standard InChI is InChI=1S/C13H23N3O2S2.HI/c1-11(12-6-4-8-19-12)10-16-13(14-2)15-7-5-9-20(3,17)18;/h4,6,8,11H,5,7,9-10H2,1-3H3,(H2,14,15,16);1H. The highest BCUT2D eigenvalue weighted by Crippen LogP contribution is 2.19. The second kappa shape index (κ2) is 10.4. The van der Waals surface area contributed by atoms with E-state index >= 15 is 0 Å². The van der Waals surface area contributed by atoms with Crippen LogP contribution < -0.4 is 10.6 Å². The summed E-state index contributed by atoms with van der Waals surface area (Å²) in [7, 11) is -1.17. The maximum atomic E-state index is 11.0. The molecule has 0 radical (unpaired) electrons. The highest BCUT2D eigenvalue weighted by molar-refractivity contribution is 14.0. The Balaban J connectivity index is 0.00000400. The molecule has 1 atom stereocenters. The topological polar surface area (TPSA) is 70.6 Å². The molecule has 1 aromatic heterocycles. The van der Waals surface area contributed by atoms with Crippen LogP contribution in [0.1, 0.15) is 24.1 Å². The number of hydrogen-bond acceptors (Lipinski definition) is 4. The first-order valence-electron chi connectivity index (χ1n) is 6.58. The molecule has 1 aromatic rings. The molecule has 0 aliphatic heterocycles.